The van der Waals surface area contributed by atoms with E-state index in [1.165, 1.54) is 6.26 Å². The third-order valence-corrected chi connectivity index (χ3v) is 3.10. The zero-order valence-electron chi connectivity index (χ0n) is 12.6. The highest BCUT2D eigenvalue weighted by atomic mass is 35.5. The zero-order valence-corrected chi connectivity index (χ0v) is 13.4. The number of anilines is 1. The monoisotopic (exact) mass is 337 g/mol. The van der Waals surface area contributed by atoms with E-state index in [0.717, 1.165) is 17.7 Å². The number of carbonyl (C=O) groups is 2. The standard InChI is InChI=1S/C16H19N3O3.ClH/c17-13-5-3-12(4-6-13)7-9-18-15(20)8-10-19-16(21)14-2-1-11-22-14;/h1-6,11H,7-10,17H2,(H,18,20)(H,19,21);1H. The summed E-state index contributed by atoms with van der Waals surface area (Å²) in [7, 11) is 0. The first-order chi connectivity index (χ1) is 10.6. The molecule has 2 amide bonds. The molecule has 0 bridgehead atoms. The summed E-state index contributed by atoms with van der Waals surface area (Å²) < 4.78 is 4.95. The molecule has 1 heterocycles. The van der Waals surface area contributed by atoms with E-state index in [4.69, 9.17) is 10.2 Å². The predicted molar refractivity (Wildman–Crippen MR) is 90.5 cm³/mol. The molecule has 6 nitrogen and oxygen atoms in total. The minimum Gasteiger partial charge on any atom is -0.459 e. The van der Waals surface area contributed by atoms with Crippen LogP contribution >= 0.6 is 12.4 Å². The van der Waals surface area contributed by atoms with Crippen LogP contribution in [0.1, 0.15) is 22.5 Å². The molecule has 0 aliphatic rings. The zero-order chi connectivity index (χ0) is 15.8. The lowest BCUT2D eigenvalue weighted by atomic mass is 10.1. The van der Waals surface area contributed by atoms with Crippen LogP contribution in [0.2, 0.25) is 0 Å². The van der Waals surface area contributed by atoms with Crippen molar-refractivity contribution in [2.24, 2.45) is 0 Å². The summed E-state index contributed by atoms with van der Waals surface area (Å²) >= 11 is 0. The lowest BCUT2D eigenvalue weighted by Gasteiger charge is -2.06. The second-order valence-corrected chi connectivity index (χ2v) is 4.82. The summed E-state index contributed by atoms with van der Waals surface area (Å²) in [4.78, 5) is 23.2. The van der Waals surface area contributed by atoms with Crippen molar-refractivity contribution in [2.75, 3.05) is 18.8 Å². The van der Waals surface area contributed by atoms with Gasteiger partial charge in [0.25, 0.3) is 5.91 Å². The van der Waals surface area contributed by atoms with Crippen molar-refractivity contribution in [3.05, 3.63) is 54.0 Å². The predicted octanol–water partition coefficient (Wildman–Crippen LogP) is 1.76. The number of nitrogens with one attached hydrogen (secondary N) is 2. The minimum atomic E-state index is -0.320. The van der Waals surface area contributed by atoms with E-state index >= 15 is 0 Å². The highest BCUT2D eigenvalue weighted by molar-refractivity contribution is 5.91. The molecular formula is C16H20ClN3O3. The van der Waals surface area contributed by atoms with E-state index < -0.39 is 0 Å². The van der Waals surface area contributed by atoms with Crippen molar-refractivity contribution in [1.29, 1.82) is 0 Å². The maximum atomic E-state index is 11.6. The molecule has 0 radical (unpaired) electrons. The highest BCUT2D eigenvalue weighted by Gasteiger charge is 2.08. The van der Waals surface area contributed by atoms with E-state index in [0.29, 0.717) is 6.54 Å². The van der Waals surface area contributed by atoms with Gasteiger partial charge in [0, 0.05) is 25.2 Å². The molecule has 0 aliphatic carbocycles. The van der Waals surface area contributed by atoms with E-state index in [1.807, 2.05) is 24.3 Å². The fourth-order valence-corrected chi connectivity index (χ4v) is 1.90. The van der Waals surface area contributed by atoms with Crippen LogP contribution in [0, 0.1) is 0 Å². The first-order valence-corrected chi connectivity index (χ1v) is 7.08. The molecule has 2 rings (SSSR count). The maximum absolute atomic E-state index is 11.6. The molecule has 7 heteroatoms. The van der Waals surface area contributed by atoms with Gasteiger partial charge in [0.05, 0.1) is 6.26 Å². The summed E-state index contributed by atoms with van der Waals surface area (Å²) in [5, 5.41) is 5.43. The van der Waals surface area contributed by atoms with Gasteiger partial charge in [-0.1, -0.05) is 12.1 Å². The number of hydrogen-bond acceptors (Lipinski definition) is 4. The van der Waals surface area contributed by atoms with Crippen molar-refractivity contribution < 1.29 is 14.0 Å². The third-order valence-electron chi connectivity index (χ3n) is 3.10. The molecule has 0 saturated heterocycles. The molecule has 124 valence electrons. The van der Waals surface area contributed by atoms with Gasteiger partial charge in [-0.25, -0.2) is 0 Å². The van der Waals surface area contributed by atoms with Gasteiger partial charge >= 0.3 is 0 Å². The minimum absolute atomic E-state index is 0. The smallest absolute Gasteiger partial charge is 0.286 e. The van der Waals surface area contributed by atoms with Gasteiger partial charge in [-0.05, 0) is 36.2 Å². The number of carbonyl (C=O) groups excluding carboxylic acids is 2. The Morgan fingerprint density at radius 1 is 1.04 bits per heavy atom. The van der Waals surface area contributed by atoms with E-state index in [-0.39, 0.29) is 42.9 Å². The molecule has 0 atom stereocenters. The highest BCUT2D eigenvalue weighted by Crippen LogP contribution is 2.05. The summed E-state index contributed by atoms with van der Waals surface area (Å²) in [6, 6.07) is 10.7. The fourth-order valence-electron chi connectivity index (χ4n) is 1.90. The Hall–Kier alpha value is -2.47. The van der Waals surface area contributed by atoms with Crippen molar-refractivity contribution in [1.82, 2.24) is 10.6 Å². The molecule has 0 fully saturated rings. The molecule has 0 unspecified atom stereocenters. The van der Waals surface area contributed by atoms with Crippen LogP contribution in [0.15, 0.2) is 47.1 Å². The second-order valence-electron chi connectivity index (χ2n) is 4.82. The fraction of sp³-hybridized carbons (Fsp3) is 0.250. The lowest BCUT2D eigenvalue weighted by Crippen LogP contribution is -2.31. The number of amides is 2. The molecule has 4 N–H and O–H groups in total. The molecule has 0 spiro atoms. The van der Waals surface area contributed by atoms with Crippen LogP contribution in [-0.4, -0.2) is 24.9 Å². The van der Waals surface area contributed by atoms with Crippen molar-refractivity contribution in [3.8, 4) is 0 Å². The number of halogens is 1. The SMILES string of the molecule is Cl.Nc1ccc(CCNC(=O)CCNC(=O)c2ccco2)cc1. The molecule has 0 saturated carbocycles. The van der Waals surface area contributed by atoms with Crippen LogP contribution in [0.4, 0.5) is 5.69 Å². The Bertz CT molecular complexity index is 612. The van der Waals surface area contributed by atoms with Gasteiger partial charge in [-0.3, -0.25) is 9.59 Å². The van der Waals surface area contributed by atoms with Gasteiger partial charge in [0.1, 0.15) is 0 Å². The number of nitrogens with two attached hydrogens (primary N) is 1. The molecule has 1 aromatic heterocycles. The number of benzene rings is 1. The number of nitrogen functional groups attached to an aromatic ring is 1. The maximum Gasteiger partial charge on any atom is 0.286 e. The van der Waals surface area contributed by atoms with Crippen LogP contribution in [0.25, 0.3) is 0 Å². The second kappa shape index (κ2) is 9.53. The van der Waals surface area contributed by atoms with E-state index in [9.17, 15) is 9.59 Å². The Balaban J connectivity index is 0.00000264. The normalized spacial score (nSPS) is 9.74. The Labute approximate surface area is 140 Å². The number of furan rings is 1. The largest absolute Gasteiger partial charge is 0.459 e. The topological polar surface area (TPSA) is 97.4 Å². The third kappa shape index (κ3) is 6.44. The number of hydrogen-bond donors (Lipinski definition) is 3. The Morgan fingerprint density at radius 3 is 2.43 bits per heavy atom. The van der Waals surface area contributed by atoms with Gasteiger partial charge in [-0.2, -0.15) is 0 Å². The van der Waals surface area contributed by atoms with E-state index in [1.54, 1.807) is 12.1 Å². The first kappa shape index (κ1) is 18.6. The van der Waals surface area contributed by atoms with Crippen LogP contribution in [0.5, 0.6) is 0 Å². The van der Waals surface area contributed by atoms with E-state index in [2.05, 4.69) is 10.6 Å². The summed E-state index contributed by atoms with van der Waals surface area (Å²) in [6.45, 7) is 0.822. The average Bonchev–Trinajstić information content (AvgIpc) is 3.03. The van der Waals surface area contributed by atoms with Crippen molar-refractivity contribution in [3.63, 3.8) is 0 Å². The summed E-state index contributed by atoms with van der Waals surface area (Å²) in [6.07, 6.45) is 2.40. The molecule has 23 heavy (non-hydrogen) atoms. The van der Waals surface area contributed by atoms with Gasteiger partial charge in [-0.15, -0.1) is 12.4 Å². The Kier molecular flexibility index (Phi) is 7.70. The lowest BCUT2D eigenvalue weighted by molar-refractivity contribution is -0.120. The van der Waals surface area contributed by atoms with Crippen LogP contribution in [-0.2, 0) is 11.2 Å². The summed E-state index contributed by atoms with van der Waals surface area (Å²) in [5.74, 6) is -0.182. The molecule has 1 aromatic carbocycles. The Morgan fingerprint density at radius 2 is 1.78 bits per heavy atom. The van der Waals surface area contributed by atoms with Gasteiger partial charge in [0.2, 0.25) is 5.91 Å². The van der Waals surface area contributed by atoms with Gasteiger partial charge in [0.15, 0.2) is 5.76 Å². The van der Waals surface area contributed by atoms with Crippen LogP contribution in [0.3, 0.4) is 0 Å². The number of rotatable bonds is 7. The first-order valence-electron chi connectivity index (χ1n) is 7.08. The summed E-state index contributed by atoms with van der Waals surface area (Å²) in [5.41, 5.74) is 7.44. The quantitative estimate of drug-likeness (QED) is 0.671. The van der Waals surface area contributed by atoms with Crippen molar-refractivity contribution >= 4 is 29.9 Å². The van der Waals surface area contributed by atoms with Crippen molar-refractivity contribution in [2.45, 2.75) is 12.8 Å². The average molecular weight is 338 g/mol. The molecule has 0 aliphatic heterocycles. The van der Waals surface area contributed by atoms with Gasteiger partial charge < -0.3 is 20.8 Å². The molecular weight excluding hydrogens is 318 g/mol. The van der Waals surface area contributed by atoms with Crippen LogP contribution < -0.4 is 16.4 Å². The molecule has 2 aromatic rings.